The van der Waals surface area contributed by atoms with Gasteiger partial charge in [0.2, 0.25) is 6.79 Å². The van der Waals surface area contributed by atoms with E-state index in [9.17, 15) is 9.59 Å². The summed E-state index contributed by atoms with van der Waals surface area (Å²) < 4.78 is 12.4. The largest absolute Gasteiger partial charge is 0.454 e. The van der Waals surface area contributed by atoms with Crippen LogP contribution in [0.4, 0.5) is 0 Å². The number of aromatic nitrogens is 3. The molecule has 1 aromatic heterocycles. The molecule has 166 valence electrons. The topological polar surface area (TPSA) is 95.3 Å². The Morgan fingerprint density at radius 3 is 2.72 bits per heavy atom. The molecule has 0 radical (unpaired) electrons. The monoisotopic (exact) mass is 492 g/mol. The standard InChI is InChI=1S/C21H18Cl2N4O4S/c1-2-27-19(9-24-20(29)12-3-6-17-18(7-12)31-11-30-17)25-26-21(27)32-10-16(28)14-5-4-13(22)8-15(14)23/h3-8H,2,9-11H2,1H3,(H,24,29). The molecule has 8 nitrogen and oxygen atoms in total. The van der Waals surface area contributed by atoms with Gasteiger partial charge in [0.1, 0.15) is 0 Å². The smallest absolute Gasteiger partial charge is 0.251 e. The van der Waals surface area contributed by atoms with Crippen molar-refractivity contribution in [1.82, 2.24) is 20.1 Å². The van der Waals surface area contributed by atoms with Crippen molar-refractivity contribution in [3.63, 3.8) is 0 Å². The number of hydrogen-bond acceptors (Lipinski definition) is 7. The van der Waals surface area contributed by atoms with Crippen molar-refractivity contribution < 1.29 is 19.1 Å². The third kappa shape index (κ3) is 4.85. The number of ketones is 1. The number of carbonyl (C=O) groups excluding carboxylic acids is 2. The molecule has 4 rings (SSSR count). The Hall–Kier alpha value is -2.75. The predicted molar refractivity (Wildman–Crippen MR) is 121 cm³/mol. The zero-order chi connectivity index (χ0) is 22.7. The van der Waals surface area contributed by atoms with Crippen LogP contribution in [0.5, 0.6) is 11.5 Å². The molecule has 0 unspecified atom stereocenters. The van der Waals surface area contributed by atoms with Crippen LogP contribution in [-0.4, -0.2) is 39.0 Å². The van der Waals surface area contributed by atoms with Crippen molar-refractivity contribution >= 4 is 46.7 Å². The number of carbonyl (C=O) groups is 2. The summed E-state index contributed by atoms with van der Waals surface area (Å²) >= 11 is 13.3. The summed E-state index contributed by atoms with van der Waals surface area (Å²) in [5.74, 6) is 1.47. The van der Waals surface area contributed by atoms with Gasteiger partial charge in [-0.3, -0.25) is 9.59 Å². The Kier molecular flexibility index (Phi) is 6.88. The second-order valence-corrected chi connectivity index (χ2v) is 8.52. The number of hydrogen-bond donors (Lipinski definition) is 1. The van der Waals surface area contributed by atoms with Crippen LogP contribution in [0.3, 0.4) is 0 Å². The van der Waals surface area contributed by atoms with Gasteiger partial charge in [0.25, 0.3) is 5.91 Å². The first-order valence-corrected chi connectivity index (χ1v) is 11.4. The van der Waals surface area contributed by atoms with Gasteiger partial charge in [-0.1, -0.05) is 35.0 Å². The summed E-state index contributed by atoms with van der Waals surface area (Å²) in [6.07, 6.45) is 0. The summed E-state index contributed by atoms with van der Waals surface area (Å²) in [7, 11) is 0. The van der Waals surface area contributed by atoms with Gasteiger partial charge in [0.05, 0.1) is 17.3 Å². The van der Waals surface area contributed by atoms with Crippen molar-refractivity contribution in [1.29, 1.82) is 0 Å². The number of halogens is 2. The fourth-order valence-electron chi connectivity index (χ4n) is 3.10. The number of nitrogens with one attached hydrogen (secondary N) is 1. The van der Waals surface area contributed by atoms with Crippen molar-refractivity contribution in [3.8, 4) is 11.5 Å². The van der Waals surface area contributed by atoms with Gasteiger partial charge >= 0.3 is 0 Å². The predicted octanol–water partition coefficient (Wildman–Crippen LogP) is 4.24. The molecule has 1 aliphatic heterocycles. The highest BCUT2D eigenvalue weighted by atomic mass is 35.5. The minimum atomic E-state index is -0.268. The lowest BCUT2D eigenvalue weighted by molar-refractivity contribution is 0.0948. The highest BCUT2D eigenvalue weighted by Gasteiger charge is 2.18. The number of thioether (sulfide) groups is 1. The number of rotatable bonds is 8. The van der Waals surface area contributed by atoms with Crippen molar-refractivity contribution in [2.45, 2.75) is 25.2 Å². The third-order valence-corrected chi connectivity index (χ3v) is 6.23. The van der Waals surface area contributed by atoms with Gasteiger partial charge in [-0.25, -0.2) is 0 Å². The van der Waals surface area contributed by atoms with E-state index in [1.54, 1.807) is 30.3 Å². The van der Waals surface area contributed by atoms with Crippen LogP contribution in [0.25, 0.3) is 0 Å². The molecular weight excluding hydrogens is 475 g/mol. The van der Waals surface area contributed by atoms with Crippen molar-refractivity contribution in [2.24, 2.45) is 0 Å². The molecule has 3 aromatic rings. The molecule has 0 atom stereocenters. The van der Waals surface area contributed by atoms with Gasteiger partial charge in [-0.2, -0.15) is 0 Å². The minimum absolute atomic E-state index is 0.139. The summed E-state index contributed by atoms with van der Waals surface area (Å²) in [5.41, 5.74) is 0.860. The van der Waals surface area contributed by atoms with Crippen LogP contribution >= 0.6 is 35.0 Å². The average Bonchev–Trinajstić information content (AvgIpc) is 3.41. The second kappa shape index (κ2) is 9.81. The molecule has 0 bridgehead atoms. The van der Waals surface area contributed by atoms with E-state index in [2.05, 4.69) is 15.5 Å². The Balaban J connectivity index is 1.38. The first-order chi connectivity index (χ1) is 15.5. The average molecular weight is 493 g/mol. The van der Waals surface area contributed by atoms with Gasteiger partial charge in [-0.15, -0.1) is 10.2 Å². The van der Waals surface area contributed by atoms with E-state index in [0.29, 0.717) is 50.2 Å². The van der Waals surface area contributed by atoms with Crippen molar-refractivity contribution in [2.75, 3.05) is 12.5 Å². The maximum atomic E-state index is 12.5. The molecule has 1 N–H and O–H groups in total. The van der Waals surface area contributed by atoms with Gasteiger partial charge < -0.3 is 19.4 Å². The van der Waals surface area contributed by atoms with E-state index >= 15 is 0 Å². The van der Waals surface area contributed by atoms with Crippen LogP contribution in [0.15, 0.2) is 41.6 Å². The molecule has 2 heterocycles. The maximum absolute atomic E-state index is 12.5. The SMILES string of the molecule is CCn1c(CNC(=O)c2ccc3c(c2)OCO3)nnc1SCC(=O)c1ccc(Cl)cc1Cl. The molecule has 1 amide bonds. The highest BCUT2D eigenvalue weighted by molar-refractivity contribution is 7.99. The van der Waals surface area contributed by atoms with E-state index in [1.807, 2.05) is 11.5 Å². The van der Waals surface area contributed by atoms with Crippen LogP contribution in [0.1, 0.15) is 33.5 Å². The number of amides is 1. The summed E-state index contributed by atoms with van der Waals surface area (Å²) in [4.78, 5) is 25.0. The number of benzene rings is 2. The summed E-state index contributed by atoms with van der Waals surface area (Å²) in [5, 5.41) is 12.5. The lowest BCUT2D eigenvalue weighted by Gasteiger charge is -2.09. The molecule has 32 heavy (non-hydrogen) atoms. The van der Waals surface area contributed by atoms with Gasteiger partial charge in [0, 0.05) is 22.7 Å². The van der Waals surface area contributed by atoms with Crippen molar-refractivity contribution in [3.05, 3.63) is 63.4 Å². The van der Waals surface area contributed by atoms with E-state index in [-0.39, 0.29) is 30.8 Å². The summed E-state index contributed by atoms with van der Waals surface area (Å²) in [6, 6.07) is 9.77. The number of Topliss-reactive ketones (excluding diaryl/α,β-unsaturated/α-hetero) is 1. The molecule has 0 saturated heterocycles. The van der Waals surface area contributed by atoms with Crippen LogP contribution in [0.2, 0.25) is 10.0 Å². The van der Waals surface area contributed by atoms with Crippen LogP contribution < -0.4 is 14.8 Å². The quantitative estimate of drug-likeness (QED) is 0.371. The molecule has 11 heteroatoms. The first kappa shape index (κ1) is 22.4. The van der Waals surface area contributed by atoms with Gasteiger partial charge in [-0.05, 0) is 43.3 Å². The Labute approximate surface area is 198 Å². The number of nitrogens with zero attached hydrogens (tertiary/aromatic N) is 3. The zero-order valence-corrected chi connectivity index (χ0v) is 19.3. The number of fused-ring (bicyclic) bond motifs is 1. The summed E-state index contributed by atoms with van der Waals surface area (Å²) in [6.45, 7) is 2.85. The molecule has 0 spiro atoms. The Bertz CT molecular complexity index is 1180. The normalized spacial score (nSPS) is 12.1. The molecular formula is C21H18Cl2N4O4S. The van der Waals surface area contributed by atoms with Crippen LogP contribution in [-0.2, 0) is 13.1 Å². The molecule has 2 aromatic carbocycles. The van der Waals surface area contributed by atoms with E-state index in [4.69, 9.17) is 32.7 Å². The Morgan fingerprint density at radius 2 is 1.94 bits per heavy atom. The van der Waals surface area contributed by atoms with E-state index < -0.39 is 0 Å². The van der Waals surface area contributed by atoms with Crippen LogP contribution in [0, 0.1) is 0 Å². The highest BCUT2D eigenvalue weighted by Crippen LogP contribution is 2.32. The lowest BCUT2D eigenvalue weighted by atomic mass is 10.1. The molecule has 0 aliphatic carbocycles. The minimum Gasteiger partial charge on any atom is -0.454 e. The maximum Gasteiger partial charge on any atom is 0.251 e. The van der Waals surface area contributed by atoms with E-state index in [1.165, 1.54) is 17.8 Å². The molecule has 0 fully saturated rings. The lowest BCUT2D eigenvalue weighted by Crippen LogP contribution is -2.24. The number of ether oxygens (including phenoxy) is 2. The Morgan fingerprint density at radius 1 is 1.12 bits per heavy atom. The first-order valence-electron chi connectivity index (χ1n) is 9.67. The molecule has 1 aliphatic rings. The second-order valence-electron chi connectivity index (χ2n) is 6.73. The zero-order valence-electron chi connectivity index (χ0n) is 16.9. The van der Waals surface area contributed by atoms with Gasteiger partial charge in [0.15, 0.2) is 28.3 Å². The third-order valence-electron chi connectivity index (χ3n) is 4.72. The molecule has 0 saturated carbocycles. The fraction of sp³-hybridized carbons (Fsp3) is 0.238. The van der Waals surface area contributed by atoms with E-state index in [0.717, 1.165) is 0 Å². The fourth-order valence-corrected chi connectivity index (χ4v) is 4.52.